The van der Waals surface area contributed by atoms with Gasteiger partial charge in [0, 0.05) is 27.7 Å². The Morgan fingerprint density at radius 1 is 0.966 bits per heavy atom. The molecule has 5 heteroatoms. The van der Waals surface area contributed by atoms with Crippen molar-refractivity contribution >= 4 is 28.5 Å². The number of aryl methyl sites for hydroxylation is 2. The van der Waals surface area contributed by atoms with Gasteiger partial charge >= 0.3 is 0 Å². The molecule has 2 aromatic carbocycles. The Bertz CT molecular complexity index is 1160. The van der Waals surface area contributed by atoms with Gasteiger partial charge in [-0.25, -0.2) is 9.97 Å². The van der Waals surface area contributed by atoms with Gasteiger partial charge in [-0.3, -0.25) is 0 Å². The first kappa shape index (κ1) is 19.3. The molecule has 2 N–H and O–H groups in total. The van der Waals surface area contributed by atoms with Crippen molar-refractivity contribution in [3.05, 3.63) is 89.2 Å². The zero-order valence-corrected chi connectivity index (χ0v) is 17.5. The lowest BCUT2D eigenvalue weighted by Crippen LogP contribution is -2.14. The van der Waals surface area contributed by atoms with E-state index >= 15 is 0 Å². The van der Waals surface area contributed by atoms with E-state index in [2.05, 4.69) is 45.8 Å². The van der Waals surface area contributed by atoms with Gasteiger partial charge in [-0.15, -0.1) is 11.8 Å². The van der Waals surface area contributed by atoms with Gasteiger partial charge in [-0.2, -0.15) is 0 Å². The van der Waals surface area contributed by atoms with Crippen LogP contribution < -0.4 is 5.32 Å². The van der Waals surface area contributed by atoms with E-state index in [0.29, 0.717) is 5.52 Å². The van der Waals surface area contributed by atoms with Gasteiger partial charge in [0.05, 0.1) is 6.04 Å². The number of fused-ring (bicyclic) bond motifs is 1. The lowest BCUT2D eigenvalue weighted by Gasteiger charge is -2.22. The van der Waals surface area contributed by atoms with Crippen LogP contribution in [0, 0.1) is 13.8 Å². The van der Waals surface area contributed by atoms with Gasteiger partial charge in [0.25, 0.3) is 0 Å². The SMILES string of the molecule is CSc1ccc([C@@H](Nc2cc(C)ccn2)c2ccc3ccc(C)nc3c2O)cc1. The van der Waals surface area contributed by atoms with E-state index in [1.165, 1.54) is 4.90 Å². The average Bonchev–Trinajstić information content (AvgIpc) is 2.73. The number of hydrogen-bond donors (Lipinski definition) is 2. The predicted molar refractivity (Wildman–Crippen MR) is 121 cm³/mol. The summed E-state index contributed by atoms with van der Waals surface area (Å²) in [6.45, 7) is 3.97. The summed E-state index contributed by atoms with van der Waals surface area (Å²) in [6, 6.07) is 20.0. The maximum atomic E-state index is 11.1. The topological polar surface area (TPSA) is 58.0 Å². The molecule has 146 valence electrons. The fourth-order valence-electron chi connectivity index (χ4n) is 3.42. The zero-order chi connectivity index (χ0) is 20.4. The second kappa shape index (κ2) is 8.13. The second-order valence-electron chi connectivity index (χ2n) is 7.10. The molecule has 4 aromatic rings. The van der Waals surface area contributed by atoms with E-state index in [1.807, 2.05) is 50.2 Å². The van der Waals surface area contributed by atoms with Crippen LogP contribution >= 0.6 is 11.8 Å². The number of phenolic OH excluding ortho intramolecular Hbond substituents is 1. The summed E-state index contributed by atoms with van der Waals surface area (Å²) >= 11 is 1.71. The molecular formula is C24H23N3OS. The molecule has 0 aliphatic carbocycles. The summed E-state index contributed by atoms with van der Waals surface area (Å²) in [6.07, 6.45) is 3.85. The molecule has 0 radical (unpaired) electrons. The van der Waals surface area contributed by atoms with Crippen LogP contribution in [-0.4, -0.2) is 21.3 Å². The number of thioether (sulfide) groups is 1. The smallest absolute Gasteiger partial charge is 0.147 e. The molecule has 0 unspecified atom stereocenters. The van der Waals surface area contributed by atoms with Gasteiger partial charge in [0.2, 0.25) is 0 Å². The molecule has 1 atom stereocenters. The number of anilines is 1. The van der Waals surface area contributed by atoms with Crippen molar-refractivity contribution in [2.75, 3.05) is 11.6 Å². The van der Waals surface area contributed by atoms with Crippen molar-refractivity contribution in [2.45, 2.75) is 24.8 Å². The minimum absolute atomic E-state index is 0.199. The van der Waals surface area contributed by atoms with E-state index < -0.39 is 0 Å². The van der Waals surface area contributed by atoms with Crippen LogP contribution in [0.4, 0.5) is 5.82 Å². The second-order valence-corrected chi connectivity index (χ2v) is 7.98. The van der Waals surface area contributed by atoms with Crippen LogP contribution in [0.2, 0.25) is 0 Å². The number of rotatable bonds is 5. The highest BCUT2D eigenvalue weighted by Crippen LogP contribution is 2.37. The number of nitrogens with one attached hydrogen (secondary N) is 1. The van der Waals surface area contributed by atoms with Crippen molar-refractivity contribution in [1.82, 2.24) is 9.97 Å². The minimum atomic E-state index is -0.257. The van der Waals surface area contributed by atoms with Crippen LogP contribution in [0.5, 0.6) is 5.75 Å². The predicted octanol–water partition coefficient (Wildman–Crippen LogP) is 5.88. The molecule has 0 aliphatic rings. The molecule has 0 spiro atoms. The first-order valence-corrected chi connectivity index (χ1v) is 10.7. The normalized spacial score (nSPS) is 12.1. The Hall–Kier alpha value is -3.05. The Morgan fingerprint density at radius 3 is 2.45 bits per heavy atom. The van der Waals surface area contributed by atoms with Crippen LogP contribution in [0.25, 0.3) is 10.9 Å². The third kappa shape index (κ3) is 4.05. The number of benzene rings is 2. The van der Waals surface area contributed by atoms with Crippen molar-refractivity contribution in [2.24, 2.45) is 0 Å². The zero-order valence-electron chi connectivity index (χ0n) is 16.7. The summed E-state index contributed by atoms with van der Waals surface area (Å²) in [4.78, 5) is 10.2. The Morgan fingerprint density at radius 2 is 1.72 bits per heavy atom. The molecule has 0 amide bonds. The maximum Gasteiger partial charge on any atom is 0.147 e. The molecule has 4 rings (SSSR count). The van der Waals surface area contributed by atoms with E-state index in [-0.39, 0.29) is 11.8 Å². The number of hydrogen-bond acceptors (Lipinski definition) is 5. The van der Waals surface area contributed by atoms with Gasteiger partial charge in [-0.05, 0) is 61.6 Å². The summed E-state index contributed by atoms with van der Waals surface area (Å²) in [5.74, 6) is 0.964. The van der Waals surface area contributed by atoms with Gasteiger partial charge in [0.1, 0.15) is 17.1 Å². The molecule has 2 aromatic heterocycles. The van der Waals surface area contributed by atoms with Crippen molar-refractivity contribution < 1.29 is 5.11 Å². The summed E-state index contributed by atoms with van der Waals surface area (Å²) in [5, 5.41) is 15.5. The Kier molecular flexibility index (Phi) is 5.41. The molecule has 0 aliphatic heterocycles. The van der Waals surface area contributed by atoms with E-state index in [4.69, 9.17) is 0 Å². The van der Waals surface area contributed by atoms with Crippen LogP contribution in [0.3, 0.4) is 0 Å². The fourth-order valence-corrected chi connectivity index (χ4v) is 3.83. The first-order valence-electron chi connectivity index (χ1n) is 9.47. The number of phenols is 1. The molecule has 4 nitrogen and oxygen atoms in total. The molecular weight excluding hydrogens is 378 g/mol. The third-order valence-corrected chi connectivity index (χ3v) is 5.72. The van der Waals surface area contributed by atoms with Gasteiger partial charge in [-0.1, -0.05) is 30.3 Å². The summed E-state index contributed by atoms with van der Waals surface area (Å²) < 4.78 is 0. The maximum absolute atomic E-state index is 11.1. The van der Waals surface area contributed by atoms with E-state index in [9.17, 15) is 5.11 Å². The lowest BCUT2D eigenvalue weighted by atomic mass is 9.96. The fraction of sp³-hybridized carbons (Fsp3) is 0.167. The molecule has 2 heterocycles. The largest absolute Gasteiger partial charge is 0.505 e. The van der Waals surface area contributed by atoms with Gasteiger partial charge in [0.15, 0.2) is 0 Å². The molecule has 0 fully saturated rings. The monoisotopic (exact) mass is 401 g/mol. The van der Waals surface area contributed by atoms with Crippen molar-refractivity contribution in [3.8, 4) is 5.75 Å². The van der Waals surface area contributed by atoms with Gasteiger partial charge < -0.3 is 10.4 Å². The molecule has 0 saturated heterocycles. The summed E-state index contributed by atoms with van der Waals surface area (Å²) in [5.41, 5.74) is 4.44. The lowest BCUT2D eigenvalue weighted by molar-refractivity contribution is 0.471. The number of aromatic hydroxyl groups is 1. The number of nitrogens with zero attached hydrogens (tertiary/aromatic N) is 2. The minimum Gasteiger partial charge on any atom is -0.505 e. The highest BCUT2D eigenvalue weighted by molar-refractivity contribution is 7.98. The Balaban J connectivity index is 1.84. The van der Waals surface area contributed by atoms with Crippen LogP contribution in [-0.2, 0) is 0 Å². The van der Waals surface area contributed by atoms with Crippen molar-refractivity contribution in [1.29, 1.82) is 0 Å². The highest BCUT2D eigenvalue weighted by atomic mass is 32.2. The standard InChI is InChI=1S/C24H23N3OS/c1-15-12-13-25-21(14-15)27-22(17-6-9-19(29-3)10-7-17)20-11-8-18-5-4-16(2)26-23(18)24(20)28/h4-14,22,28H,1-3H3,(H,25,27)/t22-/m1/s1. The average molecular weight is 402 g/mol. The number of aromatic nitrogens is 2. The molecule has 29 heavy (non-hydrogen) atoms. The first-order chi connectivity index (χ1) is 14.0. The third-order valence-electron chi connectivity index (χ3n) is 4.97. The number of pyridine rings is 2. The molecule has 0 bridgehead atoms. The Labute approximate surface area is 175 Å². The van der Waals surface area contributed by atoms with E-state index in [0.717, 1.165) is 33.6 Å². The highest BCUT2D eigenvalue weighted by Gasteiger charge is 2.20. The quantitative estimate of drug-likeness (QED) is 0.409. The van der Waals surface area contributed by atoms with Crippen molar-refractivity contribution in [3.63, 3.8) is 0 Å². The van der Waals surface area contributed by atoms with Crippen LogP contribution in [0.15, 0.2) is 71.8 Å². The molecule has 0 saturated carbocycles. The van der Waals surface area contributed by atoms with E-state index in [1.54, 1.807) is 18.0 Å². The van der Waals surface area contributed by atoms with Crippen LogP contribution in [0.1, 0.15) is 28.4 Å². The summed E-state index contributed by atoms with van der Waals surface area (Å²) in [7, 11) is 0.